The fourth-order valence-electron chi connectivity index (χ4n) is 2.33. The summed E-state index contributed by atoms with van der Waals surface area (Å²) in [7, 11) is 0. The Labute approximate surface area is 138 Å². The molecule has 0 saturated heterocycles. The number of alkyl halides is 3. The summed E-state index contributed by atoms with van der Waals surface area (Å²) in [5.41, 5.74) is -0.0000170. The van der Waals surface area contributed by atoms with Crippen molar-refractivity contribution < 1.29 is 22.4 Å². The van der Waals surface area contributed by atoms with Gasteiger partial charge in [-0.2, -0.15) is 13.2 Å². The van der Waals surface area contributed by atoms with Crippen molar-refractivity contribution in [2.24, 2.45) is 5.92 Å². The quantitative estimate of drug-likeness (QED) is 0.868. The minimum absolute atomic E-state index is 0.173. The summed E-state index contributed by atoms with van der Waals surface area (Å²) >= 11 is 0. The van der Waals surface area contributed by atoms with Crippen LogP contribution in [0, 0.1) is 12.8 Å². The molecule has 0 radical (unpaired) electrons. The number of aryl methyl sites for hydroxylation is 1. The zero-order valence-electron chi connectivity index (χ0n) is 13.5. The van der Waals surface area contributed by atoms with Crippen molar-refractivity contribution in [2.75, 3.05) is 0 Å². The van der Waals surface area contributed by atoms with E-state index < -0.39 is 11.7 Å². The van der Waals surface area contributed by atoms with Crippen molar-refractivity contribution in [1.29, 1.82) is 0 Å². The molecule has 0 aliphatic heterocycles. The van der Waals surface area contributed by atoms with Gasteiger partial charge in [0.05, 0.1) is 18.3 Å². The number of amides is 1. The van der Waals surface area contributed by atoms with Crippen molar-refractivity contribution in [3.05, 3.63) is 53.2 Å². The van der Waals surface area contributed by atoms with Crippen LogP contribution in [0.15, 0.2) is 34.9 Å². The molecule has 0 aliphatic rings. The van der Waals surface area contributed by atoms with Crippen LogP contribution < -0.4 is 5.32 Å². The van der Waals surface area contributed by atoms with E-state index in [1.165, 1.54) is 12.1 Å². The van der Waals surface area contributed by atoms with Crippen LogP contribution in [-0.4, -0.2) is 10.9 Å². The first kappa shape index (κ1) is 18.0. The number of halogens is 3. The topological polar surface area (TPSA) is 55.1 Å². The van der Waals surface area contributed by atoms with Crippen molar-refractivity contribution in [1.82, 2.24) is 10.3 Å². The first-order valence-electron chi connectivity index (χ1n) is 7.64. The fourth-order valence-corrected chi connectivity index (χ4v) is 2.33. The summed E-state index contributed by atoms with van der Waals surface area (Å²) < 4.78 is 43.0. The second-order valence-corrected chi connectivity index (χ2v) is 5.59. The molecule has 0 aliphatic carbocycles. The lowest BCUT2D eigenvalue weighted by Crippen LogP contribution is -2.31. The zero-order chi connectivity index (χ0) is 17.7. The van der Waals surface area contributed by atoms with Crippen LogP contribution in [0.1, 0.15) is 36.1 Å². The molecule has 1 aromatic carbocycles. The molecule has 130 valence electrons. The average molecular weight is 340 g/mol. The van der Waals surface area contributed by atoms with Crippen LogP contribution >= 0.6 is 0 Å². The number of nitrogens with one attached hydrogen (secondary N) is 1. The lowest BCUT2D eigenvalue weighted by atomic mass is 9.95. The molecule has 0 fully saturated rings. The number of hydrogen-bond donors (Lipinski definition) is 1. The molecular weight excluding hydrogens is 321 g/mol. The number of oxazole rings is 1. The van der Waals surface area contributed by atoms with Gasteiger partial charge in [-0.25, -0.2) is 4.98 Å². The molecule has 1 amide bonds. The van der Waals surface area contributed by atoms with Gasteiger partial charge < -0.3 is 9.73 Å². The molecule has 2 aromatic rings. The van der Waals surface area contributed by atoms with Gasteiger partial charge in [0, 0.05) is 5.92 Å². The number of nitrogens with zero attached hydrogens (tertiary/aromatic N) is 1. The lowest BCUT2D eigenvalue weighted by molar-refractivity contribution is -0.137. The Kier molecular flexibility index (Phi) is 5.64. The maximum atomic E-state index is 12.6. The molecule has 4 nitrogen and oxygen atoms in total. The number of aromatic nitrogens is 1. The van der Waals surface area contributed by atoms with Crippen molar-refractivity contribution in [3.63, 3.8) is 0 Å². The van der Waals surface area contributed by atoms with Gasteiger partial charge in [-0.3, -0.25) is 4.79 Å². The van der Waals surface area contributed by atoms with Crippen molar-refractivity contribution in [2.45, 2.75) is 39.4 Å². The molecule has 0 saturated carbocycles. The van der Waals surface area contributed by atoms with Crippen LogP contribution in [0.5, 0.6) is 0 Å². The third kappa shape index (κ3) is 4.84. The van der Waals surface area contributed by atoms with Gasteiger partial charge >= 0.3 is 6.18 Å². The van der Waals surface area contributed by atoms with Crippen LogP contribution in [0.4, 0.5) is 13.2 Å². The molecule has 0 spiro atoms. The Bertz CT molecular complexity index is 678. The summed E-state index contributed by atoms with van der Waals surface area (Å²) in [5.74, 6) is 0.590. The molecule has 24 heavy (non-hydrogen) atoms. The molecule has 1 heterocycles. The van der Waals surface area contributed by atoms with E-state index in [4.69, 9.17) is 4.42 Å². The predicted molar refractivity (Wildman–Crippen MR) is 82.0 cm³/mol. The molecule has 7 heteroatoms. The lowest BCUT2D eigenvalue weighted by Gasteiger charge is -2.15. The summed E-state index contributed by atoms with van der Waals surface area (Å²) in [6.45, 7) is 3.82. The predicted octanol–water partition coefficient (Wildman–Crippen LogP) is 3.89. The van der Waals surface area contributed by atoms with Gasteiger partial charge in [0.2, 0.25) is 11.8 Å². The number of hydrogen-bond acceptors (Lipinski definition) is 3. The molecule has 1 unspecified atom stereocenters. The van der Waals surface area contributed by atoms with Crippen molar-refractivity contribution in [3.8, 4) is 0 Å². The maximum absolute atomic E-state index is 12.6. The highest BCUT2D eigenvalue weighted by molar-refractivity contribution is 5.78. The van der Waals surface area contributed by atoms with Gasteiger partial charge in [0.1, 0.15) is 5.76 Å². The Morgan fingerprint density at radius 3 is 2.46 bits per heavy atom. The van der Waals surface area contributed by atoms with E-state index in [-0.39, 0.29) is 18.4 Å². The molecule has 1 atom stereocenters. The molecular formula is C17H19F3N2O2. The highest BCUT2D eigenvalue weighted by atomic mass is 19.4. The Hall–Kier alpha value is -2.31. The third-order valence-corrected chi connectivity index (χ3v) is 3.71. The largest absolute Gasteiger partial charge is 0.444 e. The summed E-state index contributed by atoms with van der Waals surface area (Å²) in [4.78, 5) is 16.2. The standard InChI is InChI=1S/C17H19F3N2O2/c1-3-13(16(23)22-10-15-21-9-11(2)24-15)8-12-4-6-14(7-5-12)17(18,19)20/h4-7,9,13H,3,8,10H2,1-2H3,(H,22,23). The average Bonchev–Trinajstić information content (AvgIpc) is 2.95. The number of rotatable bonds is 6. The first-order valence-corrected chi connectivity index (χ1v) is 7.64. The monoisotopic (exact) mass is 340 g/mol. The van der Waals surface area contributed by atoms with E-state index in [0.29, 0.717) is 30.1 Å². The van der Waals surface area contributed by atoms with E-state index in [2.05, 4.69) is 10.3 Å². The van der Waals surface area contributed by atoms with E-state index >= 15 is 0 Å². The van der Waals surface area contributed by atoms with Gasteiger partial charge in [0.15, 0.2) is 0 Å². The summed E-state index contributed by atoms with van der Waals surface area (Å²) in [5, 5.41) is 2.74. The first-order chi connectivity index (χ1) is 11.3. The molecule has 0 bridgehead atoms. The number of carbonyl (C=O) groups is 1. The minimum Gasteiger partial charge on any atom is -0.444 e. The second-order valence-electron chi connectivity index (χ2n) is 5.59. The van der Waals surface area contributed by atoms with E-state index in [0.717, 1.165) is 12.1 Å². The van der Waals surface area contributed by atoms with Crippen LogP contribution in [0.2, 0.25) is 0 Å². The Morgan fingerprint density at radius 2 is 1.96 bits per heavy atom. The molecule has 1 aromatic heterocycles. The van der Waals surface area contributed by atoms with Gasteiger partial charge in [0.25, 0.3) is 0 Å². The number of benzene rings is 1. The van der Waals surface area contributed by atoms with E-state index in [9.17, 15) is 18.0 Å². The molecule has 1 N–H and O–H groups in total. The molecule has 2 rings (SSSR count). The normalized spacial score (nSPS) is 12.9. The van der Waals surface area contributed by atoms with E-state index in [1.54, 1.807) is 13.1 Å². The van der Waals surface area contributed by atoms with Crippen LogP contribution in [-0.2, 0) is 23.9 Å². The van der Waals surface area contributed by atoms with E-state index in [1.807, 2.05) is 6.92 Å². The van der Waals surface area contributed by atoms with Crippen molar-refractivity contribution >= 4 is 5.91 Å². The Balaban J connectivity index is 1.94. The van der Waals surface area contributed by atoms with Gasteiger partial charge in [-0.1, -0.05) is 19.1 Å². The zero-order valence-corrected chi connectivity index (χ0v) is 13.5. The van der Waals surface area contributed by atoms with Crippen LogP contribution in [0.25, 0.3) is 0 Å². The summed E-state index contributed by atoms with van der Waals surface area (Å²) in [6.07, 6.45) is -1.82. The maximum Gasteiger partial charge on any atom is 0.416 e. The minimum atomic E-state index is -4.35. The SMILES string of the molecule is CCC(Cc1ccc(C(F)(F)F)cc1)C(=O)NCc1ncc(C)o1. The fraction of sp³-hybridized carbons (Fsp3) is 0.412. The third-order valence-electron chi connectivity index (χ3n) is 3.71. The van der Waals surface area contributed by atoms with Crippen LogP contribution in [0.3, 0.4) is 0 Å². The smallest absolute Gasteiger partial charge is 0.416 e. The highest BCUT2D eigenvalue weighted by Crippen LogP contribution is 2.29. The van der Waals surface area contributed by atoms with Gasteiger partial charge in [-0.15, -0.1) is 0 Å². The second kappa shape index (κ2) is 7.51. The highest BCUT2D eigenvalue weighted by Gasteiger charge is 2.30. The number of carbonyl (C=O) groups excluding carboxylic acids is 1. The summed E-state index contributed by atoms with van der Waals surface area (Å²) in [6, 6.07) is 4.90. The van der Waals surface area contributed by atoms with Gasteiger partial charge in [-0.05, 0) is 37.5 Å². The Morgan fingerprint density at radius 1 is 1.29 bits per heavy atom.